The first-order chi connectivity index (χ1) is 8.15. The Morgan fingerprint density at radius 1 is 1.35 bits per heavy atom. The van der Waals surface area contributed by atoms with Gasteiger partial charge in [0.2, 0.25) is 0 Å². The lowest BCUT2D eigenvalue weighted by Gasteiger charge is -2.03. The number of rotatable bonds is 3. The standard InChI is InChI=1S/C13H12N2O2/c1-9-3-2-4-10(7-9)11-5-6-14-12(15-11)8-13(16)17/h2-7H,8H2,1H3,(H,16,17). The van der Waals surface area contributed by atoms with E-state index < -0.39 is 5.97 Å². The maximum absolute atomic E-state index is 10.6. The Bertz CT molecular complexity index is 553. The number of aliphatic carboxylic acids is 1. The quantitative estimate of drug-likeness (QED) is 0.873. The topological polar surface area (TPSA) is 63.1 Å². The average Bonchev–Trinajstić information content (AvgIpc) is 2.28. The summed E-state index contributed by atoms with van der Waals surface area (Å²) >= 11 is 0. The number of aromatic nitrogens is 2. The van der Waals surface area contributed by atoms with Crippen LogP contribution in [0, 0.1) is 6.92 Å². The molecular formula is C13H12N2O2. The second-order valence-corrected chi connectivity index (χ2v) is 3.80. The minimum atomic E-state index is -0.925. The van der Waals surface area contributed by atoms with Crippen LogP contribution in [0.25, 0.3) is 11.3 Å². The van der Waals surface area contributed by atoms with Crippen LogP contribution in [0.1, 0.15) is 11.4 Å². The van der Waals surface area contributed by atoms with Gasteiger partial charge >= 0.3 is 5.97 Å². The van der Waals surface area contributed by atoms with Gasteiger partial charge in [0.25, 0.3) is 0 Å². The van der Waals surface area contributed by atoms with Crippen LogP contribution < -0.4 is 0 Å². The number of aryl methyl sites for hydroxylation is 1. The third kappa shape index (κ3) is 2.87. The highest BCUT2D eigenvalue weighted by molar-refractivity contribution is 5.69. The van der Waals surface area contributed by atoms with Crippen LogP contribution in [-0.4, -0.2) is 21.0 Å². The van der Waals surface area contributed by atoms with Crippen molar-refractivity contribution in [2.75, 3.05) is 0 Å². The molecule has 86 valence electrons. The second kappa shape index (κ2) is 4.74. The summed E-state index contributed by atoms with van der Waals surface area (Å²) < 4.78 is 0. The molecule has 0 aliphatic rings. The van der Waals surface area contributed by atoms with Crippen molar-refractivity contribution in [2.45, 2.75) is 13.3 Å². The van der Waals surface area contributed by atoms with Crippen molar-refractivity contribution < 1.29 is 9.90 Å². The van der Waals surface area contributed by atoms with Crippen molar-refractivity contribution in [1.82, 2.24) is 9.97 Å². The SMILES string of the molecule is Cc1cccc(-c2ccnc(CC(=O)O)n2)c1. The predicted molar refractivity (Wildman–Crippen MR) is 63.5 cm³/mol. The number of nitrogens with zero attached hydrogens (tertiary/aromatic N) is 2. The molecule has 2 aromatic rings. The van der Waals surface area contributed by atoms with Crippen LogP contribution in [0.2, 0.25) is 0 Å². The molecule has 0 atom stereocenters. The fraction of sp³-hybridized carbons (Fsp3) is 0.154. The molecule has 17 heavy (non-hydrogen) atoms. The predicted octanol–water partition coefficient (Wildman–Crippen LogP) is 2.08. The van der Waals surface area contributed by atoms with E-state index in [4.69, 9.17) is 5.11 Å². The molecule has 0 saturated heterocycles. The van der Waals surface area contributed by atoms with Gasteiger partial charge in [-0.15, -0.1) is 0 Å². The lowest BCUT2D eigenvalue weighted by atomic mass is 10.1. The summed E-state index contributed by atoms with van der Waals surface area (Å²) in [5.74, 6) is -0.595. The molecule has 0 radical (unpaired) electrons. The molecule has 0 spiro atoms. The Hall–Kier alpha value is -2.23. The van der Waals surface area contributed by atoms with E-state index >= 15 is 0 Å². The van der Waals surface area contributed by atoms with E-state index in [-0.39, 0.29) is 6.42 Å². The highest BCUT2D eigenvalue weighted by atomic mass is 16.4. The van der Waals surface area contributed by atoms with Crippen LogP contribution in [0.15, 0.2) is 36.5 Å². The molecule has 1 N–H and O–H groups in total. The van der Waals surface area contributed by atoms with Crippen LogP contribution >= 0.6 is 0 Å². The maximum atomic E-state index is 10.6. The Morgan fingerprint density at radius 3 is 2.88 bits per heavy atom. The first-order valence-electron chi connectivity index (χ1n) is 5.26. The molecule has 1 aromatic carbocycles. The molecule has 1 aromatic heterocycles. The van der Waals surface area contributed by atoms with Crippen molar-refractivity contribution in [2.24, 2.45) is 0 Å². The van der Waals surface area contributed by atoms with Gasteiger partial charge in [-0.3, -0.25) is 4.79 Å². The number of hydrogen-bond acceptors (Lipinski definition) is 3. The zero-order valence-electron chi connectivity index (χ0n) is 9.42. The fourth-order valence-electron chi connectivity index (χ4n) is 1.58. The molecule has 0 bridgehead atoms. The van der Waals surface area contributed by atoms with Crippen molar-refractivity contribution in [1.29, 1.82) is 0 Å². The molecule has 1 heterocycles. The average molecular weight is 228 g/mol. The third-order valence-corrected chi connectivity index (χ3v) is 2.33. The molecule has 0 saturated carbocycles. The number of carboxylic acid groups (broad SMARTS) is 1. The molecule has 4 nitrogen and oxygen atoms in total. The largest absolute Gasteiger partial charge is 0.481 e. The minimum absolute atomic E-state index is 0.153. The summed E-state index contributed by atoms with van der Waals surface area (Å²) in [5, 5.41) is 8.69. The van der Waals surface area contributed by atoms with E-state index in [1.54, 1.807) is 12.3 Å². The van der Waals surface area contributed by atoms with Crippen molar-refractivity contribution >= 4 is 5.97 Å². The van der Waals surface area contributed by atoms with E-state index in [1.165, 1.54) is 0 Å². The van der Waals surface area contributed by atoms with Gasteiger partial charge in [0.05, 0.1) is 5.69 Å². The maximum Gasteiger partial charge on any atom is 0.311 e. The van der Waals surface area contributed by atoms with E-state index in [1.807, 2.05) is 31.2 Å². The van der Waals surface area contributed by atoms with E-state index in [2.05, 4.69) is 9.97 Å². The number of benzene rings is 1. The molecule has 0 amide bonds. The summed E-state index contributed by atoms with van der Waals surface area (Å²) in [5.41, 5.74) is 2.86. The van der Waals surface area contributed by atoms with Crippen molar-refractivity contribution in [3.63, 3.8) is 0 Å². The van der Waals surface area contributed by atoms with Gasteiger partial charge < -0.3 is 5.11 Å². The van der Waals surface area contributed by atoms with Gasteiger partial charge in [0, 0.05) is 11.8 Å². The number of carbonyl (C=O) groups is 1. The number of carboxylic acids is 1. The Kier molecular flexibility index (Phi) is 3.14. The zero-order chi connectivity index (χ0) is 12.3. The molecule has 0 fully saturated rings. The van der Waals surface area contributed by atoms with Crippen LogP contribution in [0.3, 0.4) is 0 Å². The summed E-state index contributed by atoms with van der Waals surface area (Å²) in [7, 11) is 0. The van der Waals surface area contributed by atoms with Crippen LogP contribution in [-0.2, 0) is 11.2 Å². The smallest absolute Gasteiger partial charge is 0.311 e. The van der Waals surface area contributed by atoms with Crippen molar-refractivity contribution in [3.05, 3.63) is 47.9 Å². The molecule has 0 unspecified atom stereocenters. The molecule has 4 heteroatoms. The molecule has 0 aliphatic carbocycles. The second-order valence-electron chi connectivity index (χ2n) is 3.80. The summed E-state index contributed by atoms with van der Waals surface area (Å²) in [6.45, 7) is 2.00. The Morgan fingerprint density at radius 2 is 2.18 bits per heavy atom. The minimum Gasteiger partial charge on any atom is -0.481 e. The summed E-state index contributed by atoms with van der Waals surface area (Å²) in [4.78, 5) is 18.8. The lowest BCUT2D eigenvalue weighted by molar-refractivity contribution is -0.136. The first-order valence-corrected chi connectivity index (χ1v) is 5.26. The zero-order valence-corrected chi connectivity index (χ0v) is 9.42. The highest BCUT2D eigenvalue weighted by Gasteiger charge is 2.05. The van der Waals surface area contributed by atoms with Crippen LogP contribution in [0.5, 0.6) is 0 Å². The highest BCUT2D eigenvalue weighted by Crippen LogP contribution is 2.17. The fourth-order valence-corrected chi connectivity index (χ4v) is 1.58. The van der Waals surface area contributed by atoms with Gasteiger partial charge in [-0.25, -0.2) is 9.97 Å². The Balaban J connectivity index is 2.36. The monoisotopic (exact) mass is 228 g/mol. The van der Waals surface area contributed by atoms with Crippen LogP contribution in [0.4, 0.5) is 0 Å². The van der Waals surface area contributed by atoms with Crippen molar-refractivity contribution in [3.8, 4) is 11.3 Å². The van der Waals surface area contributed by atoms with Gasteiger partial charge in [-0.2, -0.15) is 0 Å². The molecular weight excluding hydrogens is 216 g/mol. The first kappa shape index (κ1) is 11.3. The van der Waals surface area contributed by atoms with E-state index in [0.717, 1.165) is 16.8 Å². The van der Waals surface area contributed by atoms with E-state index in [0.29, 0.717) is 5.82 Å². The molecule has 2 rings (SSSR count). The van der Waals surface area contributed by atoms with Gasteiger partial charge in [0.15, 0.2) is 0 Å². The lowest BCUT2D eigenvalue weighted by Crippen LogP contribution is -2.05. The third-order valence-electron chi connectivity index (χ3n) is 2.33. The summed E-state index contributed by atoms with van der Waals surface area (Å²) in [6, 6.07) is 9.68. The normalized spacial score (nSPS) is 10.2. The van der Waals surface area contributed by atoms with E-state index in [9.17, 15) is 4.79 Å². The summed E-state index contributed by atoms with van der Waals surface area (Å²) in [6.07, 6.45) is 1.43. The van der Waals surface area contributed by atoms with Gasteiger partial charge in [-0.1, -0.05) is 23.8 Å². The number of hydrogen-bond donors (Lipinski definition) is 1. The van der Waals surface area contributed by atoms with Gasteiger partial charge in [-0.05, 0) is 19.1 Å². The molecule has 0 aliphatic heterocycles. The Labute approximate surface area is 99.0 Å². The van der Waals surface area contributed by atoms with Gasteiger partial charge in [0.1, 0.15) is 12.2 Å².